The first-order valence-corrected chi connectivity index (χ1v) is 7.29. The third-order valence-corrected chi connectivity index (χ3v) is 4.46. The van der Waals surface area contributed by atoms with Gasteiger partial charge in [-0.05, 0) is 32.1 Å². The standard InChI is InChI=1S/C14H22N2O4/c1-15-12(17)11-6-3-7-16(11)13(18)9-4-2-5-10(8-9)14(19)20/h9-11H,2-8H2,1H3,(H,15,17)(H,19,20)/t9-,10+,11-/m0/s1. The van der Waals surface area contributed by atoms with Crippen molar-refractivity contribution >= 4 is 17.8 Å². The number of carboxylic acids is 1. The zero-order valence-corrected chi connectivity index (χ0v) is 11.8. The van der Waals surface area contributed by atoms with Crippen molar-refractivity contribution in [2.75, 3.05) is 13.6 Å². The maximum Gasteiger partial charge on any atom is 0.306 e. The fourth-order valence-corrected chi connectivity index (χ4v) is 3.34. The lowest BCUT2D eigenvalue weighted by atomic mass is 9.80. The van der Waals surface area contributed by atoms with Crippen molar-refractivity contribution in [1.29, 1.82) is 0 Å². The molecule has 1 aliphatic heterocycles. The van der Waals surface area contributed by atoms with E-state index >= 15 is 0 Å². The maximum atomic E-state index is 12.6. The highest BCUT2D eigenvalue weighted by molar-refractivity contribution is 5.89. The van der Waals surface area contributed by atoms with Gasteiger partial charge in [0.25, 0.3) is 0 Å². The predicted octanol–water partition coefficient (Wildman–Crippen LogP) is 0.614. The van der Waals surface area contributed by atoms with Crippen LogP contribution in [-0.2, 0) is 14.4 Å². The summed E-state index contributed by atoms with van der Waals surface area (Å²) in [4.78, 5) is 37.1. The second kappa shape index (κ2) is 6.24. The molecule has 1 saturated carbocycles. The molecular weight excluding hydrogens is 260 g/mol. The first-order chi connectivity index (χ1) is 9.54. The van der Waals surface area contributed by atoms with Gasteiger partial charge in [0.1, 0.15) is 6.04 Å². The van der Waals surface area contributed by atoms with Crippen LogP contribution in [0.15, 0.2) is 0 Å². The SMILES string of the molecule is CNC(=O)[C@@H]1CCCN1C(=O)[C@H]1CCC[C@@H](C(=O)O)C1. The molecule has 6 nitrogen and oxygen atoms in total. The highest BCUT2D eigenvalue weighted by atomic mass is 16.4. The van der Waals surface area contributed by atoms with E-state index in [0.717, 1.165) is 19.3 Å². The van der Waals surface area contributed by atoms with E-state index in [2.05, 4.69) is 5.32 Å². The molecule has 3 atom stereocenters. The van der Waals surface area contributed by atoms with Gasteiger partial charge in [-0.2, -0.15) is 0 Å². The van der Waals surface area contributed by atoms with E-state index in [1.807, 2.05) is 0 Å². The number of likely N-dealkylation sites (N-methyl/N-ethyl adjacent to an activating group) is 1. The number of carboxylic acid groups (broad SMARTS) is 1. The Hall–Kier alpha value is -1.59. The van der Waals surface area contributed by atoms with Crippen LogP contribution in [0.4, 0.5) is 0 Å². The summed E-state index contributed by atoms with van der Waals surface area (Å²) in [5.41, 5.74) is 0. The number of likely N-dealkylation sites (tertiary alicyclic amines) is 1. The minimum atomic E-state index is -0.813. The monoisotopic (exact) mass is 282 g/mol. The smallest absolute Gasteiger partial charge is 0.306 e. The number of carbonyl (C=O) groups excluding carboxylic acids is 2. The molecule has 2 aliphatic rings. The molecular formula is C14H22N2O4. The van der Waals surface area contributed by atoms with Crippen LogP contribution in [0.3, 0.4) is 0 Å². The van der Waals surface area contributed by atoms with Crippen molar-refractivity contribution < 1.29 is 19.5 Å². The third-order valence-electron chi connectivity index (χ3n) is 4.46. The summed E-state index contributed by atoms with van der Waals surface area (Å²) in [6.07, 6.45) is 4.09. The fourth-order valence-electron chi connectivity index (χ4n) is 3.34. The molecule has 0 aromatic heterocycles. The number of hydrogen-bond acceptors (Lipinski definition) is 3. The van der Waals surface area contributed by atoms with Crippen molar-refractivity contribution in [1.82, 2.24) is 10.2 Å². The van der Waals surface area contributed by atoms with Crippen LogP contribution >= 0.6 is 0 Å². The Kier molecular flexibility index (Phi) is 4.62. The molecule has 2 fully saturated rings. The van der Waals surface area contributed by atoms with Crippen molar-refractivity contribution in [3.05, 3.63) is 0 Å². The minimum absolute atomic E-state index is 0.0398. The predicted molar refractivity (Wildman–Crippen MR) is 71.9 cm³/mol. The normalized spacial score (nSPS) is 30.1. The van der Waals surface area contributed by atoms with E-state index in [1.165, 1.54) is 0 Å². The van der Waals surface area contributed by atoms with E-state index in [4.69, 9.17) is 5.11 Å². The van der Waals surface area contributed by atoms with Gasteiger partial charge in [-0.1, -0.05) is 6.42 Å². The number of amides is 2. The molecule has 1 saturated heterocycles. The first kappa shape index (κ1) is 14.8. The third kappa shape index (κ3) is 2.94. The molecule has 0 aromatic rings. The first-order valence-electron chi connectivity index (χ1n) is 7.29. The lowest BCUT2D eigenvalue weighted by Crippen LogP contribution is -2.47. The van der Waals surface area contributed by atoms with E-state index in [9.17, 15) is 14.4 Å². The number of nitrogens with zero attached hydrogens (tertiary/aromatic N) is 1. The van der Waals surface area contributed by atoms with Gasteiger partial charge in [0.2, 0.25) is 11.8 Å². The molecule has 1 aliphatic carbocycles. The van der Waals surface area contributed by atoms with E-state index in [-0.39, 0.29) is 23.8 Å². The highest BCUT2D eigenvalue weighted by Gasteiger charge is 2.39. The molecule has 0 unspecified atom stereocenters. The Morgan fingerprint density at radius 2 is 1.80 bits per heavy atom. The van der Waals surface area contributed by atoms with Crippen LogP contribution in [0.25, 0.3) is 0 Å². The summed E-state index contributed by atoms with van der Waals surface area (Å²) in [6.45, 7) is 0.602. The van der Waals surface area contributed by atoms with Gasteiger partial charge in [0.15, 0.2) is 0 Å². The summed E-state index contributed by atoms with van der Waals surface area (Å²) in [6, 6.07) is -0.377. The summed E-state index contributed by atoms with van der Waals surface area (Å²) in [5, 5.41) is 11.7. The fraction of sp³-hybridized carbons (Fsp3) is 0.786. The molecule has 2 N–H and O–H groups in total. The molecule has 0 radical (unpaired) electrons. The summed E-state index contributed by atoms with van der Waals surface area (Å²) >= 11 is 0. The molecule has 0 bridgehead atoms. The summed E-state index contributed by atoms with van der Waals surface area (Å²) < 4.78 is 0. The average Bonchev–Trinajstić information content (AvgIpc) is 2.95. The van der Waals surface area contributed by atoms with Gasteiger partial charge >= 0.3 is 5.97 Å². The van der Waals surface area contributed by atoms with Crippen molar-refractivity contribution in [2.24, 2.45) is 11.8 Å². The molecule has 0 aromatic carbocycles. The van der Waals surface area contributed by atoms with Crippen LogP contribution in [0, 0.1) is 11.8 Å². The van der Waals surface area contributed by atoms with Crippen LogP contribution in [0.2, 0.25) is 0 Å². The van der Waals surface area contributed by atoms with Crippen molar-refractivity contribution in [3.63, 3.8) is 0 Å². The number of rotatable bonds is 3. The lowest BCUT2D eigenvalue weighted by Gasteiger charge is -2.31. The summed E-state index contributed by atoms with van der Waals surface area (Å²) in [7, 11) is 1.57. The van der Waals surface area contributed by atoms with Gasteiger partial charge < -0.3 is 15.3 Å². The molecule has 0 spiro atoms. The van der Waals surface area contributed by atoms with Crippen LogP contribution in [0.1, 0.15) is 38.5 Å². The van der Waals surface area contributed by atoms with E-state index in [0.29, 0.717) is 25.8 Å². The molecule has 2 amide bonds. The number of nitrogens with one attached hydrogen (secondary N) is 1. The second-order valence-corrected chi connectivity index (χ2v) is 5.70. The van der Waals surface area contributed by atoms with Gasteiger partial charge in [-0.15, -0.1) is 0 Å². The van der Waals surface area contributed by atoms with Crippen molar-refractivity contribution in [3.8, 4) is 0 Å². The number of carbonyl (C=O) groups is 3. The zero-order valence-electron chi connectivity index (χ0n) is 11.8. The number of hydrogen-bond donors (Lipinski definition) is 2. The van der Waals surface area contributed by atoms with Gasteiger partial charge in [0, 0.05) is 19.5 Å². The van der Waals surface area contributed by atoms with Crippen LogP contribution in [0.5, 0.6) is 0 Å². The molecule has 112 valence electrons. The Labute approximate surface area is 118 Å². The Morgan fingerprint density at radius 1 is 1.10 bits per heavy atom. The average molecular weight is 282 g/mol. The largest absolute Gasteiger partial charge is 0.481 e. The van der Waals surface area contributed by atoms with E-state index in [1.54, 1.807) is 11.9 Å². The highest BCUT2D eigenvalue weighted by Crippen LogP contribution is 2.32. The molecule has 2 rings (SSSR count). The topological polar surface area (TPSA) is 86.7 Å². The molecule has 6 heteroatoms. The van der Waals surface area contributed by atoms with E-state index < -0.39 is 11.9 Å². The Morgan fingerprint density at radius 3 is 2.45 bits per heavy atom. The number of aliphatic carboxylic acids is 1. The summed E-state index contributed by atoms with van der Waals surface area (Å²) in [5.74, 6) is -1.64. The zero-order chi connectivity index (χ0) is 14.7. The van der Waals surface area contributed by atoms with Gasteiger partial charge in [-0.25, -0.2) is 0 Å². The Balaban J connectivity index is 2.02. The maximum absolute atomic E-state index is 12.6. The van der Waals surface area contributed by atoms with Crippen LogP contribution in [-0.4, -0.2) is 47.4 Å². The van der Waals surface area contributed by atoms with Gasteiger partial charge in [-0.3, -0.25) is 14.4 Å². The minimum Gasteiger partial charge on any atom is -0.481 e. The van der Waals surface area contributed by atoms with Gasteiger partial charge in [0.05, 0.1) is 5.92 Å². The quantitative estimate of drug-likeness (QED) is 0.794. The van der Waals surface area contributed by atoms with Crippen LogP contribution < -0.4 is 5.32 Å². The second-order valence-electron chi connectivity index (χ2n) is 5.70. The van der Waals surface area contributed by atoms with Crippen molar-refractivity contribution in [2.45, 2.75) is 44.6 Å². The lowest BCUT2D eigenvalue weighted by molar-refractivity contribution is -0.147. The Bertz CT molecular complexity index is 410. The molecule has 1 heterocycles. The molecule has 20 heavy (non-hydrogen) atoms.